The van der Waals surface area contributed by atoms with E-state index in [9.17, 15) is 9.59 Å². The lowest BCUT2D eigenvalue weighted by atomic mass is 10.0. The normalized spacial score (nSPS) is 15.7. The molecule has 0 unspecified atom stereocenters. The lowest BCUT2D eigenvalue weighted by Crippen LogP contribution is -2.46. The lowest BCUT2D eigenvalue weighted by molar-refractivity contribution is -0.146. The fourth-order valence-electron chi connectivity index (χ4n) is 3.01. The highest BCUT2D eigenvalue weighted by atomic mass is 35.5. The second-order valence-corrected chi connectivity index (χ2v) is 8.14. The first-order valence-corrected chi connectivity index (χ1v) is 9.65. The van der Waals surface area contributed by atoms with Crippen LogP contribution in [-0.2, 0) is 25.4 Å². The number of rotatable bonds is 5. The summed E-state index contributed by atoms with van der Waals surface area (Å²) in [6.07, 6.45) is -0.326. The molecule has 1 aliphatic heterocycles. The van der Waals surface area contributed by atoms with Crippen LogP contribution in [0.1, 0.15) is 26.3 Å². The maximum absolute atomic E-state index is 12.5. The van der Waals surface area contributed by atoms with Crippen molar-refractivity contribution in [3.8, 4) is 0 Å². The van der Waals surface area contributed by atoms with E-state index in [-0.39, 0.29) is 6.42 Å². The molecule has 0 aromatic heterocycles. The van der Waals surface area contributed by atoms with E-state index in [2.05, 4.69) is 4.90 Å². The van der Waals surface area contributed by atoms with Crippen molar-refractivity contribution < 1.29 is 23.8 Å². The quantitative estimate of drug-likeness (QED) is 0.692. The van der Waals surface area contributed by atoms with Gasteiger partial charge in [0.2, 0.25) is 0 Å². The Kier molecular flexibility index (Phi) is 7.55. The van der Waals surface area contributed by atoms with Gasteiger partial charge in [-0.25, -0.2) is 9.59 Å². The molecule has 156 valence electrons. The highest BCUT2D eigenvalue weighted by Gasteiger charge is 2.32. The Balaban J connectivity index is 2.30. The van der Waals surface area contributed by atoms with Crippen LogP contribution in [0.15, 0.2) is 18.2 Å². The van der Waals surface area contributed by atoms with E-state index in [0.29, 0.717) is 18.2 Å². The summed E-state index contributed by atoms with van der Waals surface area (Å²) < 4.78 is 15.8. The second kappa shape index (κ2) is 9.47. The molecule has 1 atom stereocenters. The number of carbonyl (C=O) groups is 2. The van der Waals surface area contributed by atoms with Gasteiger partial charge in [0.25, 0.3) is 0 Å². The smallest absolute Gasteiger partial charge is 0.410 e. The van der Waals surface area contributed by atoms with Crippen molar-refractivity contribution in [2.45, 2.75) is 38.8 Å². The van der Waals surface area contributed by atoms with E-state index in [1.54, 1.807) is 20.8 Å². The highest BCUT2D eigenvalue weighted by Crippen LogP contribution is 2.28. The van der Waals surface area contributed by atoms with Crippen LogP contribution in [0.5, 0.6) is 0 Å². The van der Waals surface area contributed by atoms with E-state index >= 15 is 0 Å². The Morgan fingerprint density at radius 2 is 1.93 bits per heavy atom. The van der Waals surface area contributed by atoms with E-state index in [1.165, 1.54) is 19.1 Å². The van der Waals surface area contributed by atoms with Crippen molar-refractivity contribution in [3.05, 3.63) is 28.8 Å². The summed E-state index contributed by atoms with van der Waals surface area (Å²) in [6, 6.07) is 4.74. The molecular weight excluding hydrogens is 384 g/mol. The van der Waals surface area contributed by atoms with E-state index in [1.807, 2.05) is 18.2 Å². The minimum atomic E-state index is -0.835. The SMILES string of the molecule is COC(=O)[C@H](Cc1cc(Cl)ccc1N1CCOCC1)N(C)C(=O)OC(C)(C)C. The predicted molar refractivity (Wildman–Crippen MR) is 108 cm³/mol. The molecule has 1 amide bonds. The topological polar surface area (TPSA) is 68.3 Å². The zero-order chi connectivity index (χ0) is 20.9. The van der Waals surface area contributed by atoms with Crippen LogP contribution in [0.2, 0.25) is 5.02 Å². The molecule has 1 fully saturated rings. The number of amides is 1. The van der Waals surface area contributed by atoms with Gasteiger partial charge < -0.3 is 19.1 Å². The van der Waals surface area contributed by atoms with Crippen LogP contribution < -0.4 is 4.90 Å². The number of methoxy groups -OCH3 is 1. The maximum atomic E-state index is 12.5. The molecule has 1 aliphatic rings. The Bertz CT molecular complexity index is 698. The van der Waals surface area contributed by atoms with Crippen LogP contribution in [0.4, 0.5) is 10.5 Å². The molecule has 1 heterocycles. The number of carbonyl (C=O) groups excluding carboxylic acids is 2. The molecule has 0 spiro atoms. The number of esters is 1. The first-order valence-electron chi connectivity index (χ1n) is 9.27. The molecule has 0 aliphatic carbocycles. The van der Waals surface area contributed by atoms with Crippen molar-refractivity contribution >= 4 is 29.4 Å². The number of hydrogen-bond donors (Lipinski definition) is 0. The Hall–Kier alpha value is -1.99. The lowest BCUT2D eigenvalue weighted by Gasteiger charge is -2.33. The molecule has 2 rings (SSSR count). The average Bonchev–Trinajstić information content (AvgIpc) is 2.64. The van der Waals surface area contributed by atoms with Crippen molar-refractivity contribution in [2.24, 2.45) is 0 Å². The zero-order valence-corrected chi connectivity index (χ0v) is 17.9. The van der Waals surface area contributed by atoms with E-state index < -0.39 is 23.7 Å². The highest BCUT2D eigenvalue weighted by molar-refractivity contribution is 6.30. The molecular formula is C20H29ClN2O5. The summed E-state index contributed by atoms with van der Waals surface area (Å²) in [5.74, 6) is -0.513. The number of ether oxygens (including phenoxy) is 3. The Morgan fingerprint density at radius 1 is 1.29 bits per heavy atom. The largest absolute Gasteiger partial charge is 0.467 e. The third-order valence-electron chi connectivity index (χ3n) is 4.43. The fraction of sp³-hybridized carbons (Fsp3) is 0.600. The number of likely N-dealkylation sites (N-methyl/N-ethyl adjacent to an activating group) is 1. The number of benzene rings is 1. The van der Waals surface area contributed by atoms with Gasteiger partial charge in [-0.15, -0.1) is 0 Å². The minimum absolute atomic E-state index is 0.260. The first-order chi connectivity index (χ1) is 13.1. The summed E-state index contributed by atoms with van der Waals surface area (Å²) in [4.78, 5) is 28.4. The van der Waals surface area contributed by atoms with Gasteiger partial charge in [-0.2, -0.15) is 0 Å². The average molecular weight is 413 g/mol. The summed E-state index contributed by atoms with van der Waals surface area (Å²) >= 11 is 6.22. The maximum Gasteiger partial charge on any atom is 0.410 e. The number of morpholine rings is 1. The molecule has 7 nitrogen and oxygen atoms in total. The first kappa shape index (κ1) is 22.3. The second-order valence-electron chi connectivity index (χ2n) is 7.71. The molecule has 1 saturated heterocycles. The standard InChI is InChI=1S/C20H29ClN2O5/c1-20(2,3)28-19(25)22(4)17(18(24)26-5)13-14-12-15(21)6-7-16(14)23-8-10-27-11-9-23/h6-7,12,17H,8-11,13H2,1-5H3/t17-/m0/s1. The molecule has 0 saturated carbocycles. The minimum Gasteiger partial charge on any atom is -0.467 e. The van der Waals surface area contributed by atoms with Gasteiger partial charge in [-0.1, -0.05) is 11.6 Å². The summed E-state index contributed by atoms with van der Waals surface area (Å²) in [5, 5.41) is 0.565. The monoisotopic (exact) mass is 412 g/mol. The molecule has 8 heteroatoms. The van der Waals surface area contributed by atoms with Crippen LogP contribution in [0.3, 0.4) is 0 Å². The van der Waals surface area contributed by atoms with Crippen LogP contribution in [-0.4, -0.2) is 69.1 Å². The van der Waals surface area contributed by atoms with Gasteiger partial charge in [-0.05, 0) is 44.5 Å². The Labute approximate surface area is 171 Å². The summed E-state index contributed by atoms with van der Waals surface area (Å²) in [7, 11) is 2.84. The molecule has 1 aromatic rings. The van der Waals surface area contributed by atoms with Gasteiger partial charge >= 0.3 is 12.1 Å². The van der Waals surface area contributed by atoms with E-state index in [4.69, 9.17) is 25.8 Å². The van der Waals surface area contributed by atoms with Gasteiger partial charge in [0.15, 0.2) is 0 Å². The molecule has 1 aromatic carbocycles. The van der Waals surface area contributed by atoms with Crippen LogP contribution >= 0.6 is 11.6 Å². The van der Waals surface area contributed by atoms with E-state index in [0.717, 1.165) is 24.3 Å². The van der Waals surface area contributed by atoms with Gasteiger partial charge in [0, 0.05) is 37.3 Å². The molecule has 0 N–H and O–H groups in total. The molecule has 0 radical (unpaired) electrons. The number of anilines is 1. The van der Waals surface area contributed by atoms with Gasteiger partial charge in [-0.3, -0.25) is 4.90 Å². The zero-order valence-electron chi connectivity index (χ0n) is 17.2. The van der Waals surface area contributed by atoms with Gasteiger partial charge in [0.05, 0.1) is 20.3 Å². The number of hydrogen-bond acceptors (Lipinski definition) is 6. The summed E-state index contributed by atoms with van der Waals surface area (Å²) in [6.45, 7) is 8.11. The predicted octanol–water partition coefficient (Wildman–Crippen LogP) is 3.13. The third-order valence-corrected chi connectivity index (χ3v) is 4.66. The van der Waals surface area contributed by atoms with Crippen molar-refractivity contribution in [2.75, 3.05) is 45.4 Å². The van der Waals surface area contributed by atoms with Crippen molar-refractivity contribution in [3.63, 3.8) is 0 Å². The Morgan fingerprint density at radius 3 is 2.50 bits per heavy atom. The molecule has 0 bridgehead atoms. The van der Waals surface area contributed by atoms with Gasteiger partial charge in [0.1, 0.15) is 11.6 Å². The van der Waals surface area contributed by atoms with Crippen molar-refractivity contribution in [1.82, 2.24) is 4.90 Å². The van der Waals surface area contributed by atoms with Crippen LogP contribution in [0.25, 0.3) is 0 Å². The fourth-order valence-corrected chi connectivity index (χ4v) is 3.21. The van der Waals surface area contributed by atoms with Crippen molar-refractivity contribution in [1.29, 1.82) is 0 Å². The van der Waals surface area contributed by atoms with Crippen LogP contribution in [0, 0.1) is 0 Å². The molecule has 28 heavy (non-hydrogen) atoms. The number of halogens is 1. The summed E-state index contributed by atoms with van der Waals surface area (Å²) in [5.41, 5.74) is 1.17. The third kappa shape index (κ3) is 6.01. The number of nitrogens with zero attached hydrogens (tertiary/aromatic N) is 2.